The highest BCUT2D eigenvalue weighted by atomic mass is 16.6. The summed E-state index contributed by atoms with van der Waals surface area (Å²) in [5.74, 6) is 0.731. The summed E-state index contributed by atoms with van der Waals surface area (Å²) in [6.07, 6.45) is -0.586. The Hall–Kier alpha value is -2.49. The number of fused-ring (bicyclic) bond motifs is 3. The van der Waals surface area contributed by atoms with Gasteiger partial charge in [-0.1, -0.05) is 42.5 Å². The molecule has 4 heteroatoms. The summed E-state index contributed by atoms with van der Waals surface area (Å²) in [6, 6.07) is 17.2. The maximum absolute atomic E-state index is 12.2. The normalized spacial score (nSPS) is 23.6. The topological polar surface area (TPSA) is 38.8 Å². The van der Waals surface area contributed by atoms with Crippen LogP contribution in [0.2, 0.25) is 0 Å². The van der Waals surface area contributed by atoms with Gasteiger partial charge in [0.25, 0.3) is 0 Å². The van der Waals surface area contributed by atoms with Gasteiger partial charge in [-0.15, -0.1) is 0 Å². The third-order valence-electron chi connectivity index (χ3n) is 3.77. The van der Waals surface area contributed by atoms with Crippen LogP contribution in [0, 0.1) is 0 Å². The molecular weight excluding hydrogens is 254 g/mol. The highest BCUT2D eigenvalue weighted by molar-refractivity contribution is 5.93. The number of ether oxygens (including phenoxy) is 2. The molecule has 0 N–H and O–H groups in total. The van der Waals surface area contributed by atoms with Gasteiger partial charge in [0, 0.05) is 0 Å². The molecule has 0 radical (unpaired) electrons. The van der Waals surface area contributed by atoms with Crippen LogP contribution in [0.25, 0.3) is 0 Å². The molecule has 20 heavy (non-hydrogen) atoms. The molecule has 2 heterocycles. The minimum absolute atomic E-state index is 0.111. The number of rotatable bonds is 1. The van der Waals surface area contributed by atoms with Gasteiger partial charge in [0.2, 0.25) is 0 Å². The zero-order valence-corrected chi connectivity index (χ0v) is 10.7. The molecule has 2 atom stereocenters. The number of cyclic esters (lactones) is 1. The molecule has 2 aliphatic rings. The van der Waals surface area contributed by atoms with Gasteiger partial charge in [0.05, 0.1) is 5.69 Å². The number of amides is 1. The van der Waals surface area contributed by atoms with Crippen molar-refractivity contribution in [2.75, 3.05) is 11.5 Å². The van der Waals surface area contributed by atoms with Gasteiger partial charge in [-0.3, -0.25) is 4.90 Å². The summed E-state index contributed by atoms with van der Waals surface area (Å²) in [6.45, 7) is 0.447. The second-order valence-corrected chi connectivity index (χ2v) is 4.93. The first-order valence-electron chi connectivity index (χ1n) is 6.61. The van der Waals surface area contributed by atoms with Crippen molar-refractivity contribution in [2.45, 2.75) is 12.1 Å². The molecule has 0 aliphatic carbocycles. The number of para-hydroxylation sites is 2. The molecule has 0 bridgehead atoms. The van der Waals surface area contributed by atoms with Crippen LogP contribution in [0.1, 0.15) is 11.7 Å². The molecule has 0 saturated carbocycles. The molecule has 2 aliphatic heterocycles. The van der Waals surface area contributed by atoms with E-state index in [2.05, 4.69) is 0 Å². The van der Waals surface area contributed by atoms with Crippen LogP contribution >= 0.6 is 0 Å². The Morgan fingerprint density at radius 3 is 2.60 bits per heavy atom. The van der Waals surface area contributed by atoms with E-state index in [1.54, 1.807) is 4.90 Å². The van der Waals surface area contributed by atoms with E-state index < -0.39 is 0 Å². The van der Waals surface area contributed by atoms with Crippen LogP contribution in [0.3, 0.4) is 0 Å². The Morgan fingerprint density at radius 2 is 1.75 bits per heavy atom. The maximum atomic E-state index is 12.2. The first kappa shape index (κ1) is 11.3. The third-order valence-corrected chi connectivity index (χ3v) is 3.77. The van der Waals surface area contributed by atoms with Gasteiger partial charge >= 0.3 is 6.09 Å². The van der Waals surface area contributed by atoms with E-state index in [9.17, 15) is 4.79 Å². The van der Waals surface area contributed by atoms with Crippen molar-refractivity contribution in [3.63, 3.8) is 0 Å². The van der Waals surface area contributed by atoms with Crippen molar-refractivity contribution in [1.82, 2.24) is 0 Å². The molecule has 1 fully saturated rings. The molecular formula is C16H13NO3. The Balaban J connectivity index is 1.76. The highest BCUT2D eigenvalue weighted by Gasteiger charge is 2.46. The number of benzene rings is 2. The summed E-state index contributed by atoms with van der Waals surface area (Å²) < 4.78 is 11.3. The average Bonchev–Trinajstić information content (AvgIpc) is 2.86. The minimum atomic E-state index is -0.306. The lowest BCUT2D eigenvalue weighted by atomic mass is 10.0. The maximum Gasteiger partial charge on any atom is 0.415 e. The van der Waals surface area contributed by atoms with Crippen LogP contribution < -0.4 is 9.64 Å². The smallest absolute Gasteiger partial charge is 0.415 e. The van der Waals surface area contributed by atoms with Gasteiger partial charge in [-0.25, -0.2) is 4.79 Å². The summed E-state index contributed by atoms with van der Waals surface area (Å²) >= 11 is 0. The largest absolute Gasteiger partial charge is 0.489 e. The highest BCUT2D eigenvalue weighted by Crippen LogP contribution is 2.42. The van der Waals surface area contributed by atoms with Crippen molar-refractivity contribution in [3.8, 4) is 5.75 Å². The fourth-order valence-corrected chi connectivity index (χ4v) is 2.84. The van der Waals surface area contributed by atoms with E-state index in [-0.39, 0.29) is 18.2 Å². The predicted octanol–water partition coefficient (Wildman–Crippen LogP) is 3.15. The van der Waals surface area contributed by atoms with Crippen molar-refractivity contribution in [1.29, 1.82) is 0 Å². The van der Waals surface area contributed by atoms with E-state index in [0.717, 1.165) is 17.0 Å². The van der Waals surface area contributed by atoms with Gasteiger partial charge in [0.15, 0.2) is 6.10 Å². The molecule has 100 valence electrons. The lowest BCUT2D eigenvalue weighted by Gasteiger charge is -2.31. The molecule has 4 nitrogen and oxygen atoms in total. The van der Waals surface area contributed by atoms with Crippen molar-refractivity contribution in [2.24, 2.45) is 0 Å². The Kier molecular flexibility index (Phi) is 2.42. The Morgan fingerprint density at radius 1 is 1.00 bits per heavy atom. The molecule has 1 amide bonds. The van der Waals surface area contributed by atoms with E-state index in [1.807, 2.05) is 54.6 Å². The summed E-state index contributed by atoms with van der Waals surface area (Å²) in [4.78, 5) is 13.9. The number of nitrogens with zero attached hydrogens (tertiary/aromatic N) is 1. The SMILES string of the molecule is O=C1O[C@H](c2ccccc2)[C@@H]2COc3ccccc3N12. The van der Waals surface area contributed by atoms with Gasteiger partial charge in [0.1, 0.15) is 18.4 Å². The molecule has 0 unspecified atom stereocenters. The van der Waals surface area contributed by atoms with Crippen LogP contribution in [0.5, 0.6) is 5.75 Å². The second-order valence-electron chi connectivity index (χ2n) is 4.93. The van der Waals surface area contributed by atoms with Gasteiger partial charge in [-0.2, -0.15) is 0 Å². The predicted molar refractivity (Wildman–Crippen MR) is 73.9 cm³/mol. The fourth-order valence-electron chi connectivity index (χ4n) is 2.84. The minimum Gasteiger partial charge on any atom is -0.489 e. The van der Waals surface area contributed by atoms with Crippen molar-refractivity contribution in [3.05, 3.63) is 60.2 Å². The number of hydrogen-bond acceptors (Lipinski definition) is 3. The lowest BCUT2D eigenvalue weighted by Crippen LogP contribution is -2.42. The Labute approximate surface area is 116 Å². The summed E-state index contributed by atoms with van der Waals surface area (Å²) in [5, 5.41) is 0. The Bertz CT molecular complexity index is 656. The molecule has 1 saturated heterocycles. The lowest BCUT2D eigenvalue weighted by molar-refractivity contribution is 0.122. The van der Waals surface area contributed by atoms with E-state index in [0.29, 0.717) is 6.61 Å². The number of carbonyl (C=O) groups is 1. The van der Waals surface area contributed by atoms with Gasteiger partial charge in [-0.05, 0) is 17.7 Å². The molecule has 4 rings (SSSR count). The molecule has 2 aromatic carbocycles. The van der Waals surface area contributed by atoms with E-state index in [1.165, 1.54) is 0 Å². The number of anilines is 1. The first-order valence-corrected chi connectivity index (χ1v) is 6.61. The molecule has 0 aromatic heterocycles. The fraction of sp³-hybridized carbons (Fsp3) is 0.188. The molecule has 0 spiro atoms. The summed E-state index contributed by atoms with van der Waals surface area (Å²) in [7, 11) is 0. The van der Waals surface area contributed by atoms with E-state index >= 15 is 0 Å². The van der Waals surface area contributed by atoms with E-state index in [4.69, 9.17) is 9.47 Å². The molecule has 2 aromatic rings. The number of hydrogen-bond donors (Lipinski definition) is 0. The summed E-state index contributed by atoms with van der Waals surface area (Å²) in [5.41, 5.74) is 1.78. The van der Waals surface area contributed by atoms with Gasteiger partial charge < -0.3 is 9.47 Å². The van der Waals surface area contributed by atoms with Crippen LogP contribution in [-0.4, -0.2) is 18.7 Å². The quantitative estimate of drug-likeness (QED) is 0.796. The standard InChI is InChI=1S/C16H13NO3/c18-16-17-12-8-4-5-9-14(12)19-10-13(17)15(20-16)11-6-2-1-3-7-11/h1-9,13,15H,10H2/t13-,15+/m0/s1. The first-order chi connectivity index (χ1) is 9.84. The van der Waals surface area contributed by atoms with Crippen LogP contribution in [0.15, 0.2) is 54.6 Å². The third kappa shape index (κ3) is 1.58. The zero-order valence-electron chi connectivity index (χ0n) is 10.7. The van der Waals surface area contributed by atoms with Crippen molar-refractivity contribution >= 4 is 11.8 Å². The second kappa shape index (κ2) is 4.27. The zero-order chi connectivity index (χ0) is 13.5. The number of carbonyl (C=O) groups excluding carboxylic acids is 1. The van der Waals surface area contributed by atoms with Crippen LogP contribution in [0.4, 0.5) is 10.5 Å². The monoisotopic (exact) mass is 267 g/mol. The van der Waals surface area contributed by atoms with Crippen LogP contribution in [-0.2, 0) is 4.74 Å². The average molecular weight is 267 g/mol. The van der Waals surface area contributed by atoms with Crippen molar-refractivity contribution < 1.29 is 14.3 Å².